The zero-order valence-electron chi connectivity index (χ0n) is 15.7. The highest BCUT2D eigenvalue weighted by Gasteiger charge is 2.27. The zero-order valence-corrected chi connectivity index (χ0v) is 15.7. The molecule has 2 heteroatoms. The highest BCUT2D eigenvalue weighted by molar-refractivity contribution is 5.46. The molecule has 2 unspecified atom stereocenters. The Morgan fingerprint density at radius 3 is 2.33 bits per heavy atom. The van der Waals surface area contributed by atoms with Crippen molar-refractivity contribution < 1.29 is 0 Å². The molecular formula is C22H36N2. The first-order chi connectivity index (χ1) is 11.6. The molecule has 0 aromatic heterocycles. The Labute approximate surface area is 148 Å². The third-order valence-corrected chi connectivity index (χ3v) is 6.51. The average molecular weight is 329 g/mol. The highest BCUT2D eigenvalue weighted by atomic mass is 14.9. The second-order valence-corrected chi connectivity index (χ2v) is 9.01. The van der Waals surface area contributed by atoms with Crippen LogP contribution in [0.4, 0.5) is 5.69 Å². The quantitative estimate of drug-likeness (QED) is 0.697. The van der Waals surface area contributed by atoms with Crippen LogP contribution in [0.2, 0.25) is 0 Å². The molecule has 0 aliphatic heterocycles. The van der Waals surface area contributed by atoms with E-state index in [0.29, 0.717) is 11.5 Å². The van der Waals surface area contributed by atoms with Crippen molar-refractivity contribution in [2.75, 3.05) is 11.9 Å². The molecule has 0 spiro atoms. The van der Waals surface area contributed by atoms with Gasteiger partial charge >= 0.3 is 0 Å². The Morgan fingerprint density at radius 2 is 1.67 bits per heavy atom. The molecule has 2 fully saturated rings. The number of benzene rings is 1. The number of hydrogen-bond acceptors (Lipinski definition) is 2. The van der Waals surface area contributed by atoms with E-state index in [-0.39, 0.29) is 0 Å². The van der Waals surface area contributed by atoms with Crippen LogP contribution < -0.4 is 11.1 Å². The van der Waals surface area contributed by atoms with Crippen LogP contribution in [-0.4, -0.2) is 12.6 Å². The van der Waals surface area contributed by atoms with Gasteiger partial charge in [0.1, 0.15) is 0 Å². The number of hydrogen-bond donors (Lipinski definition) is 2. The monoisotopic (exact) mass is 328 g/mol. The first-order valence-corrected chi connectivity index (χ1v) is 10.1. The van der Waals surface area contributed by atoms with Crippen molar-refractivity contribution in [2.45, 2.75) is 83.6 Å². The smallest absolute Gasteiger partial charge is 0.0342 e. The van der Waals surface area contributed by atoms with Crippen LogP contribution in [0.15, 0.2) is 24.3 Å². The second-order valence-electron chi connectivity index (χ2n) is 9.01. The van der Waals surface area contributed by atoms with Crippen molar-refractivity contribution >= 4 is 5.69 Å². The van der Waals surface area contributed by atoms with Crippen LogP contribution in [0.3, 0.4) is 0 Å². The van der Waals surface area contributed by atoms with Gasteiger partial charge in [0.15, 0.2) is 0 Å². The van der Waals surface area contributed by atoms with Gasteiger partial charge in [-0.05, 0) is 92.9 Å². The molecular weight excluding hydrogens is 292 g/mol. The van der Waals surface area contributed by atoms with Crippen molar-refractivity contribution in [2.24, 2.45) is 17.1 Å². The van der Waals surface area contributed by atoms with E-state index < -0.39 is 0 Å². The van der Waals surface area contributed by atoms with Crippen molar-refractivity contribution in [3.8, 4) is 0 Å². The fraction of sp³-hybridized carbons (Fsp3) is 0.727. The summed E-state index contributed by atoms with van der Waals surface area (Å²) in [5.74, 6) is 1.52. The fourth-order valence-corrected chi connectivity index (χ4v) is 4.58. The summed E-state index contributed by atoms with van der Waals surface area (Å²) < 4.78 is 0. The Hall–Kier alpha value is -1.02. The first kappa shape index (κ1) is 17.8. The standard InChI is InChI=1S/C22H36N2/c1-22(2)14-12-19(13-15-22)18-7-10-21(11-8-18)24-20-5-3-4-17(16-23)6-9-20/h7-8,10-11,17,19-20,24H,3-6,9,12-16,23H2,1-2H3. The maximum absolute atomic E-state index is 5.85. The molecule has 2 aliphatic rings. The molecule has 3 rings (SSSR count). The van der Waals surface area contributed by atoms with Crippen molar-refractivity contribution in [1.29, 1.82) is 0 Å². The molecule has 0 bridgehead atoms. The van der Waals surface area contributed by atoms with E-state index in [9.17, 15) is 0 Å². The summed E-state index contributed by atoms with van der Waals surface area (Å²) in [5.41, 5.74) is 9.25. The minimum atomic E-state index is 0.554. The molecule has 24 heavy (non-hydrogen) atoms. The summed E-state index contributed by atoms with van der Waals surface area (Å²) in [6.45, 7) is 5.69. The van der Waals surface area contributed by atoms with Gasteiger partial charge in [-0.15, -0.1) is 0 Å². The largest absolute Gasteiger partial charge is 0.382 e. The molecule has 3 N–H and O–H groups in total. The lowest BCUT2D eigenvalue weighted by Gasteiger charge is -2.34. The SMILES string of the molecule is CC1(C)CCC(c2ccc(NC3CCCC(CN)CC3)cc2)CC1. The summed E-state index contributed by atoms with van der Waals surface area (Å²) in [7, 11) is 0. The van der Waals surface area contributed by atoms with E-state index in [1.54, 1.807) is 5.56 Å². The van der Waals surface area contributed by atoms with Gasteiger partial charge in [-0.2, -0.15) is 0 Å². The Balaban J connectivity index is 1.53. The van der Waals surface area contributed by atoms with Crippen LogP contribution in [0.5, 0.6) is 0 Å². The van der Waals surface area contributed by atoms with Gasteiger partial charge in [-0.25, -0.2) is 0 Å². The molecule has 2 nitrogen and oxygen atoms in total. The zero-order chi connectivity index (χ0) is 17.0. The van der Waals surface area contributed by atoms with Crippen LogP contribution >= 0.6 is 0 Å². The molecule has 1 aromatic carbocycles. The van der Waals surface area contributed by atoms with Crippen LogP contribution in [0, 0.1) is 11.3 Å². The third kappa shape index (κ3) is 4.75. The summed E-state index contributed by atoms with van der Waals surface area (Å²) in [6.07, 6.45) is 11.9. The molecule has 0 heterocycles. The number of nitrogens with two attached hydrogens (primary N) is 1. The van der Waals surface area contributed by atoms with Crippen LogP contribution in [-0.2, 0) is 0 Å². The minimum absolute atomic E-state index is 0.554. The number of rotatable bonds is 4. The summed E-state index contributed by atoms with van der Waals surface area (Å²) in [4.78, 5) is 0. The van der Waals surface area contributed by atoms with Gasteiger partial charge in [-0.1, -0.05) is 32.4 Å². The lowest BCUT2D eigenvalue weighted by Crippen LogP contribution is -2.20. The van der Waals surface area contributed by atoms with Crippen molar-refractivity contribution in [3.63, 3.8) is 0 Å². The van der Waals surface area contributed by atoms with Gasteiger partial charge in [0.05, 0.1) is 0 Å². The summed E-state index contributed by atoms with van der Waals surface area (Å²) >= 11 is 0. The van der Waals surface area contributed by atoms with E-state index in [0.717, 1.165) is 18.4 Å². The van der Waals surface area contributed by atoms with Gasteiger partial charge in [0.2, 0.25) is 0 Å². The average Bonchev–Trinajstić information content (AvgIpc) is 2.81. The lowest BCUT2D eigenvalue weighted by atomic mass is 9.71. The molecule has 134 valence electrons. The predicted molar refractivity (Wildman–Crippen MR) is 104 cm³/mol. The van der Waals surface area contributed by atoms with Crippen LogP contribution in [0.1, 0.15) is 83.1 Å². The Kier molecular flexibility index (Phi) is 5.86. The molecule has 0 radical (unpaired) electrons. The van der Waals surface area contributed by atoms with Crippen molar-refractivity contribution in [3.05, 3.63) is 29.8 Å². The Morgan fingerprint density at radius 1 is 0.958 bits per heavy atom. The van der Waals surface area contributed by atoms with Crippen molar-refractivity contribution in [1.82, 2.24) is 0 Å². The van der Waals surface area contributed by atoms with Gasteiger partial charge in [0.25, 0.3) is 0 Å². The van der Waals surface area contributed by atoms with E-state index in [1.807, 2.05) is 0 Å². The molecule has 2 saturated carbocycles. The Bertz CT molecular complexity index is 495. The number of anilines is 1. The van der Waals surface area contributed by atoms with E-state index in [1.165, 1.54) is 63.5 Å². The van der Waals surface area contributed by atoms with Crippen LogP contribution in [0.25, 0.3) is 0 Å². The van der Waals surface area contributed by atoms with Gasteiger partial charge < -0.3 is 11.1 Å². The predicted octanol–water partition coefficient (Wildman–Crippen LogP) is 5.69. The second kappa shape index (κ2) is 7.91. The van der Waals surface area contributed by atoms with E-state index in [4.69, 9.17) is 5.73 Å². The molecule has 0 amide bonds. The van der Waals surface area contributed by atoms with E-state index in [2.05, 4.69) is 43.4 Å². The maximum atomic E-state index is 5.85. The molecule has 1 aromatic rings. The van der Waals surface area contributed by atoms with E-state index >= 15 is 0 Å². The first-order valence-electron chi connectivity index (χ1n) is 10.1. The molecule has 0 saturated heterocycles. The fourth-order valence-electron chi connectivity index (χ4n) is 4.58. The molecule has 2 atom stereocenters. The topological polar surface area (TPSA) is 38.0 Å². The maximum Gasteiger partial charge on any atom is 0.0342 e. The van der Waals surface area contributed by atoms with Gasteiger partial charge in [-0.3, -0.25) is 0 Å². The lowest BCUT2D eigenvalue weighted by molar-refractivity contribution is 0.224. The molecule has 2 aliphatic carbocycles. The minimum Gasteiger partial charge on any atom is -0.382 e. The third-order valence-electron chi connectivity index (χ3n) is 6.51. The normalized spacial score (nSPS) is 28.3. The number of nitrogens with one attached hydrogen (secondary N) is 1. The summed E-state index contributed by atoms with van der Waals surface area (Å²) in [5, 5.41) is 3.77. The summed E-state index contributed by atoms with van der Waals surface area (Å²) in [6, 6.07) is 9.97. The van der Waals surface area contributed by atoms with Gasteiger partial charge in [0, 0.05) is 11.7 Å². The highest BCUT2D eigenvalue weighted by Crippen LogP contribution is 2.42.